The summed E-state index contributed by atoms with van der Waals surface area (Å²) in [4.78, 5) is 25.2. The first-order valence-electron chi connectivity index (χ1n) is 7.78. The molecule has 0 bridgehead atoms. The molecule has 0 saturated carbocycles. The van der Waals surface area contributed by atoms with Crippen LogP contribution >= 0.6 is 27.3 Å². The maximum absolute atomic E-state index is 12.4. The molecule has 0 saturated heterocycles. The number of thiophene rings is 1. The van der Waals surface area contributed by atoms with Gasteiger partial charge in [-0.1, -0.05) is 34.1 Å². The van der Waals surface area contributed by atoms with Crippen LogP contribution in [0.25, 0.3) is 10.1 Å². The highest BCUT2D eigenvalue weighted by Crippen LogP contribution is 2.30. The summed E-state index contributed by atoms with van der Waals surface area (Å²) in [5, 5.41) is 6.59. The Morgan fingerprint density at radius 3 is 2.60 bits per heavy atom. The summed E-state index contributed by atoms with van der Waals surface area (Å²) < 4.78 is 2.02. The van der Waals surface area contributed by atoms with E-state index in [1.54, 1.807) is 0 Å². The van der Waals surface area contributed by atoms with Crippen LogP contribution in [0.5, 0.6) is 0 Å². The van der Waals surface area contributed by atoms with Crippen molar-refractivity contribution in [2.75, 3.05) is 11.9 Å². The number of rotatable bonds is 4. The molecule has 2 N–H and O–H groups in total. The number of fused-ring (bicyclic) bond motifs is 1. The Hall–Kier alpha value is -2.18. The van der Waals surface area contributed by atoms with Crippen molar-refractivity contribution in [3.8, 4) is 0 Å². The Kier molecular flexibility index (Phi) is 5.20. The summed E-state index contributed by atoms with van der Waals surface area (Å²) in [6.45, 7) is 3.78. The summed E-state index contributed by atoms with van der Waals surface area (Å²) in [6.07, 6.45) is 0. The van der Waals surface area contributed by atoms with Crippen LogP contribution < -0.4 is 10.6 Å². The highest BCUT2D eigenvalue weighted by Gasteiger charge is 2.16. The van der Waals surface area contributed by atoms with Gasteiger partial charge in [-0.2, -0.15) is 0 Å². The Bertz CT molecular complexity index is 965. The predicted octanol–water partition coefficient (Wildman–Crippen LogP) is 4.65. The summed E-state index contributed by atoms with van der Waals surface area (Å²) in [7, 11) is 0. The molecule has 2 amide bonds. The normalized spacial score (nSPS) is 10.7. The largest absolute Gasteiger partial charge is 0.342 e. The van der Waals surface area contributed by atoms with Crippen LogP contribution in [0.3, 0.4) is 0 Å². The van der Waals surface area contributed by atoms with Gasteiger partial charge in [0.05, 0.1) is 11.4 Å². The van der Waals surface area contributed by atoms with Crippen molar-refractivity contribution < 1.29 is 9.59 Å². The molecular formula is C19H17BrN2O2S. The lowest BCUT2D eigenvalue weighted by Gasteiger charge is -2.09. The van der Waals surface area contributed by atoms with Gasteiger partial charge in [0, 0.05) is 14.9 Å². The van der Waals surface area contributed by atoms with Crippen LogP contribution in [0.1, 0.15) is 20.8 Å². The minimum atomic E-state index is -0.252. The zero-order valence-electron chi connectivity index (χ0n) is 13.9. The zero-order valence-corrected chi connectivity index (χ0v) is 16.3. The lowest BCUT2D eigenvalue weighted by molar-refractivity contribution is -0.115. The molecule has 6 heteroatoms. The van der Waals surface area contributed by atoms with Crippen LogP contribution in [-0.4, -0.2) is 18.4 Å². The van der Waals surface area contributed by atoms with Crippen molar-refractivity contribution in [2.45, 2.75) is 13.8 Å². The summed E-state index contributed by atoms with van der Waals surface area (Å²) in [5.74, 6) is -0.473. The zero-order chi connectivity index (χ0) is 18.0. The molecule has 25 heavy (non-hydrogen) atoms. The van der Waals surface area contributed by atoms with Gasteiger partial charge < -0.3 is 10.6 Å². The van der Waals surface area contributed by atoms with E-state index in [0.717, 1.165) is 31.4 Å². The molecular weight excluding hydrogens is 400 g/mol. The molecule has 4 nitrogen and oxygen atoms in total. The Morgan fingerprint density at radius 2 is 1.88 bits per heavy atom. The summed E-state index contributed by atoms with van der Waals surface area (Å²) in [6, 6.07) is 13.5. The molecule has 0 fully saturated rings. The van der Waals surface area contributed by atoms with Crippen molar-refractivity contribution in [1.29, 1.82) is 0 Å². The fourth-order valence-corrected chi connectivity index (χ4v) is 4.19. The lowest BCUT2D eigenvalue weighted by Crippen LogP contribution is -2.32. The van der Waals surface area contributed by atoms with Gasteiger partial charge in [0.15, 0.2) is 0 Å². The quantitative estimate of drug-likeness (QED) is 0.650. The van der Waals surface area contributed by atoms with Gasteiger partial charge in [0.2, 0.25) is 5.91 Å². The molecule has 0 radical (unpaired) electrons. The van der Waals surface area contributed by atoms with E-state index in [2.05, 4.69) is 26.6 Å². The number of halogens is 1. The number of anilines is 1. The molecule has 0 aliphatic heterocycles. The van der Waals surface area contributed by atoms with E-state index in [9.17, 15) is 9.59 Å². The van der Waals surface area contributed by atoms with Crippen molar-refractivity contribution in [1.82, 2.24) is 5.32 Å². The first kappa shape index (κ1) is 17.6. The van der Waals surface area contributed by atoms with E-state index in [0.29, 0.717) is 4.88 Å². The molecule has 0 spiro atoms. The summed E-state index contributed by atoms with van der Waals surface area (Å²) >= 11 is 4.83. The third-order valence-electron chi connectivity index (χ3n) is 3.92. The number of benzene rings is 2. The Balaban J connectivity index is 1.65. The van der Waals surface area contributed by atoms with Gasteiger partial charge in [-0.3, -0.25) is 9.59 Å². The number of hydrogen-bond acceptors (Lipinski definition) is 3. The number of aryl methyl sites for hydroxylation is 2. The van der Waals surface area contributed by atoms with E-state index in [-0.39, 0.29) is 18.4 Å². The van der Waals surface area contributed by atoms with E-state index in [4.69, 9.17) is 0 Å². The number of amides is 2. The molecule has 2 aromatic carbocycles. The van der Waals surface area contributed by atoms with Gasteiger partial charge in [-0.05, 0) is 54.6 Å². The van der Waals surface area contributed by atoms with Gasteiger partial charge in [0.1, 0.15) is 0 Å². The average molecular weight is 417 g/mol. The van der Waals surface area contributed by atoms with Crippen LogP contribution in [-0.2, 0) is 4.79 Å². The number of carbonyl (C=O) groups is 2. The van der Waals surface area contributed by atoms with Crippen LogP contribution in [0, 0.1) is 13.8 Å². The first-order chi connectivity index (χ1) is 12.0. The van der Waals surface area contributed by atoms with Crippen LogP contribution in [0.2, 0.25) is 0 Å². The number of carbonyl (C=O) groups excluding carboxylic acids is 2. The number of hydrogen-bond donors (Lipinski definition) is 2. The number of nitrogens with one attached hydrogen (secondary N) is 2. The van der Waals surface area contributed by atoms with Gasteiger partial charge in [0.25, 0.3) is 5.91 Å². The molecule has 0 atom stereocenters. The molecule has 128 valence electrons. The van der Waals surface area contributed by atoms with Crippen LogP contribution in [0.4, 0.5) is 5.69 Å². The standard InChI is InChI=1S/C19H17BrN2O2S/c1-11-9-13(20)7-8-15(11)22-17(23)10-21-19(24)18-12(2)14-5-3-4-6-16(14)25-18/h3-9H,10H2,1-2H3,(H,21,24)(H,22,23). The molecule has 0 unspecified atom stereocenters. The van der Waals surface area contributed by atoms with Crippen molar-refractivity contribution in [3.05, 3.63) is 62.9 Å². The van der Waals surface area contributed by atoms with Gasteiger partial charge in [-0.25, -0.2) is 0 Å². The molecule has 0 aliphatic rings. The monoisotopic (exact) mass is 416 g/mol. The predicted molar refractivity (Wildman–Crippen MR) is 106 cm³/mol. The van der Waals surface area contributed by atoms with Crippen molar-refractivity contribution >= 4 is 54.9 Å². The minimum Gasteiger partial charge on any atom is -0.342 e. The SMILES string of the molecule is Cc1cc(Br)ccc1NC(=O)CNC(=O)c1sc2ccccc2c1C. The maximum Gasteiger partial charge on any atom is 0.262 e. The minimum absolute atomic E-state index is 0.0674. The van der Waals surface area contributed by atoms with Crippen LogP contribution in [0.15, 0.2) is 46.9 Å². The third-order valence-corrected chi connectivity index (χ3v) is 5.69. The highest BCUT2D eigenvalue weighted by atomic mass is 79.9. The fraction of sp³-hybridized carbons (Fsp3) is 0.158. The third kappa shape index (κ3) is 3.91. The van der Waals surface area contributed by atoms with Gasteiger partial charge >= 0.3 is 0 Å². The smallest absolute Gasteiger partial charge is 0.262 e. The lowest BCUT2D eigenvalue weighted by atomic mass is 10.1. The molecule has 3 rings (SSSR count). The van der Waals surface area contributed by atoms with E-state index >= 15 is 0 Å². The van der Waals surface area contributed by atoms with Crippen molar-refractivity contribution in [2.24, 2.45) is 0 Å². The molecule has 1 heterocycles. The fourth-order valence-electron chi connectivity index (χ4n) is 2.59. The molecule has 3 aromatic rings. The molecule has 0 aliphatic carbocycles. The second kappa shape index (κ2) is 7.37. The van der Waals surface area contributed by atoms with E-state index in [1.165, 1.54) is 11.3 Å². The Labute approximate surface area is 158 Å². The topological polar surface area (TPSA) is 58.2 Å². The Morgan fingerprint density at radius 1 is 1.12 bits per heavy atom. The first-order valence-corrected chi connectivity index (χ1v) is 9.39. The second-order valence-electron chi connectivity index (χ2n) is 5.74. The maximum atomic E-state index is 12.4. The molecule has 1 aromatic heterocycles. The van der Waals surface area contributed by atoms with Gasteiger partial charge in [-0.15, -0.1) is 11.3 Å². The van der Waals surface area contributed by atoms with E-state index in [1.807, 2.05) is 56.3 Å². The van der Waals surface area contributed by atoms with Crippen molar-refractivity contribution in [3.63, 3.8) is 0 Å². The van der Waals surface area contributed by atoms with E-state index < -0.39 is 0 Å². The highest BCUT2D eigenvalue weighted by molar-refractivity contribution is 9.10. The second-order valence-corrected chi connectivity index (χ2v) is 7.71. The average Bonchev–Trinajstić information content (AvgIpc) is 2.93. The summed E-state index contributed by atoms with van der Waals surface area (Å²) in [5.41, 5.74) is 2.64.